The molecule has 134 valence electrons. The van der Waals surface area contributed by atoms with Crippen LogP contribution in [0.4, 0.5) is 0 Å². The molecule has 0 aromatic heterocycles. The summed E-state index contributed by atoms with van der Waals surface area (Å²) in [5, 5.41) is 19.8. The zero-order valence-electron chi connectivity index (χ0n) is 14.7. The Hall–Kier alpha value is -3.47. The maximum atomic E-state index is 12.9. The summed E-state index contributed by atoms with van der Waals surface area (Å²) < 4.78 is 12.0. The summed E-state index contributed by atoms with van der Waals surface area (Å²) in [5.41, 5.74) is 3.25. The van der Waals surface area contributed by atoms with E-state index in [9.17, 15) is 15.0 Å². The van der Waals surface area contributed by atoms with Crippen molar-refractivity contribution in [3.05, 3.63) is 81.9 Å². The van der Waals surface area contributed by atoms with Crippen LogP contribution in [0.2, 0.25) is 0 Å². The van der Waals surface area contributed by atoms with Crippen molar-refractivity contribution in [2.24, 2.45) is 0 Å². The molecule has 0 aliphatic carbocycles. The molecule has 0 saturated carbocycles. The van der Waals surface area contributed by atoms with Gasteiger partial charge in [0.15, 0.2) is 5.60 Å². The zero-order chi connectivity index (χ0) is 18.9. The number of hydrogen-bond acceptors (Lipinski definition) is 5. The van der Waals surface area contributed by atoms with Gasteiger partial charge in [0.2, 0.25) is 0 Å². The summed E-state index contributed by atoms with van der Waals surface area (Å²) in [7, 11) is 0. The Labute approximate surface area is 155 Å². The molecule has 0 amide bonds. The highest BCUT2D eigenvalue weighted by atomic mass is 16.6. The van der Waals surface area contributed by atoms with Crippen molar-refractivity contribution in [1.82, 2.24) is 0 Å². The summed E-state index contributed by atoms with van der Waals surface area (Å²) in [4.78, 5) is 12.9. The van der Waals surface area contributed by atoms with Gasteiger partial charge in [-0.15, -0.1) is 0 Å². The molecule has 3 aromatic carbocycles. The maximum Gasteiger partial charge on any atom is 0.340 e. The Kier molecular flexibility index (Phi) is 2.94. The maximum absolute atomic E-state index is 12.9. The van der Waals surface area contributed by atoms with Crippen LogP contribution in [0.3, 0.4) is 0 Å². The molecule has 5 nitrogen and oxygen atoms in total. The van der Waals surface area contributed by atoms with Crippen LogP contribution in [-0.2, 0) is 10.3 Å². The molecule has 5 rings (SSSR count). The van der Waals surface area contributed by atoms with Crippen molar-refractivity contribution in [2.45, 2.75) is 19.4 Å². The van der Waals surface area contributed by atoms with E-state index in [1.54, 1.807) is 24.3 Å². The first-order chi connectivity index (χ1) is 12.9. The fourth-order valence-corrected chi connectivity index (χ4v) is 4.05. The first kappa shape index (κ1) is 15.8. The number of esters is 1. The van der Waals surface area contributed by atoms with Crippen LogP contribution in [0.1, 0.15) is 38.2 Å². The Bertz CT molecular complexity index is 1090. The molecule has 0 unspecified atom stereocenters. The third kappa shape index (κ3) is 1.91. The Morgan fingerprint density at radius 3 is 1.96 bits per heavy atom. The molecule has 2 heterocycles. The number of phenolic OH excluding ortho intramolecular Hbond substituents is 2. The monoisotopic (exact) mass is 360 g/mol. The van der Waals surface area contributed by atoms with Crippen molar-refractivity contribution in [2.75, 3.05) is 0 Å². The average Bonchev–Trinajstić information content (AvgIpc) is 2.91. The largest absolute Gasteiger partial charge is 0.508 e. The number of fused-ring (bicyclic) bond motifs is 6. The van der Waals surface area contributed by atoms with Gasteiger partial charge in [-0.2, -0.15) is 0 Å². The van der Waals surface area contributed by atoms with E-state index in [4.69, 9.17) is 9.47 Å². The molecule has 3 aromatic rings. The van der Waals surface area contributed by atoms with E-state index in [1.807, 2.05) is 26.0 Å². The predicted molar refractivity (Wildman–Crippen MR) is 97.5 cm³/mol. The highest BCUT2D eigenvalue weighted by molar-refractivity contribution is 5.98. The van der Waals surface area contributed by atoms with Gasteiger partial charge in [-0.3, -0.25) is 0 Å². The van der Waals surface area contributed by atoms with E-state index in [0.717, 1.165) is 16.7 Å². The lowest BCUT2D eigenvalue weighted by Gasteiger charge is -2.36. The minimum absolute atomic E-state index is 0.0390. The molecular weight excluding hydrogens is 344 g/mol. The molecule has 0 bridgehead atoms. The fourth-order valence-electron chi connectivity index (χ4n) is 4.05. The normalized spacial score (nSPS) is 15.6. The summed E-state index contributed by atoms with van der Waals surface area (Å²) in [6.45, 7) is 3.86. The van der Waals surface area contributed by atoms with Crippen LogP contribution in [0.15, 0.2) is 48.5 Å². The molecule has 5 heteroatoms. The lowest BCUT2D eigenvalue weighted by molar-refractivity contribution is 0.0224. The van der Waals surface area contributed by atoms with E-state index in [2.05, 4.69) is 0 Å². The Morgan fingerprint density at radius 1 is 0.815 bits per heavy atom. The van der Waals surface area contributed by atoms with Gasteiger partial charge in [0.05, 0.1) is 5.56 Å². The van der Waals surface area contributed by atoms with E-state index in [-0.39, 0.29) is 11.5 Å². The Balaban J connectivity index is 1.92. The summed E-state index contributed by atoms with van der Waals surface area (Å²) in [5.74, 6) is 0.444. The number of carbonyl (C=O) groups excluding carboxylic acids is 1. The highest BCUT2D eigenvalue weighted by Crippen LogP contribution is 2.57. The minimum atomic E-state index is -1.19. The number of rotatable bonds is 0. The minimum Gasteiger partial charge on any atom is -0.508 e. The van der Waals surface area contributed by atoms with Crippen LogP contribution in [0, 0.1) is 13.8 Å². The fraction of sp³-hybridized carbons (Fsp3) is 0.136. The van der Waals surface area contributed by atoms with Crippen molar-refractivity contribution < 1.29 is 24.5 Å². The summed E-state index contributed by atoms with van der Waals surface area (Å²) in [6, 6.07) is 13.3. The highest BCUT2D eigenvalue weighted by Gasteiger charge is 2.54. The van der Waals surface area contributed by atoms with Crippen LogP contribution >= 0.6 is 0 Å². The molecule has 2 aliphatic heterocycles. The molecule has 0 saturated heterocycles. The second-order valence-electron chi connectivity index (χ2n) is 6.96. The summed E-state index contributed by atoms with van der Waals surface area (Å²) >= 11 is 0. The molecular formula is C22H16O5. The van der Waals surface area contributed by atoms with Crippen LogP contribution in [0.5, 0.6) is 23.0 Å². The first-order valence-corrected chi connectivity index (χ1v) is 8.60. The smallest absolute Gasteiger partial charge is 0.340 e. The first-order valence-electron chi connectivity index (χ1n) is 8.60. The molecule has 2 N–H and O–H groups in total. The molecule has 2 aliphatic rings. The standard InChI is InChI=1S/C22H16O5/c1-11-3-6-17-20(12(11)2)21(25)27-22(17)15-7-4-13(23)9-18(15)26-19-10-14(24)5-8-16(19)22/h3-10,23-24H,1-2H3. The van der Waals surface area contributed by atoms with Gasteiger partial charge in [0.25, 0.3) is 0 Å². The van der Waals surface area contributed by atoms with Gasteiger partial charge in [-0.1, -0.05) is 12.1 Å². The van der Waals surface area contributed by atoms with E-state index < -0.39 is 11.6 Å². The number of aryl methyl sites for hydroxylation is 1. The van der Waals surface area contributed by atoms with Crippen molar-refractivity contribution >= 4 is 5.97 Å². The summed E-state index contributed by atoms with van der Waals surface area (Å²) in [6.07, 6.45) is 0. The van der Waals surface area contributed by atoms with Gasteiger partial charge in [0, 0.05) is 28.8 Å². The number of ether oxygens (including phenoxy) is 2. The number of hydrogen-bond donors (Lipinski definition) is 2. The van der Waals surface area contributed by atoms with E-state index >= 15 is 0 Å². The number of benzene rings is 3. The lowest BCUT2D eigenvalue weighted by Crippen LogP contribution is -2.32. The van der Waals surface area contributed by atoms with Gasteiger partial charge in [-0.25, -0.2) is 4.79 Å². The van der Waals surface area contributed by atoms with Crippen molar-refractivity contribution in [1.29, 1.82) is 0 Å². The quantitative estimate of drug-likeness (QED) is 0.585. The number of phenols is 2. The number of aromatic hydroxyl groups is 2. The molecule has 0 atom stereocenters. The third-order valence-electron chi connectivity index (χ3n) is 5.47. The second-order valence-corrected chi connectivity index (χ2v) is 6.96. The molecule has 27 heavy (non-hydrogen) atoms. The van der Waals surface area contributed by atoms with E-state index in [0.29, 0.717) is 28.2 Å². The molecule has 0 fully saturated rings. The topological polar surface area (TPSA) is 76.0 Å². The van der Waals surface area contributed by atoms with Crippen molar-refractivity contribution in [3.63, 3.8) is 0 Å². The van der Waals surface area contributed by atoms with Gasteiger partial charge < -0.3 is 19.7 Å². The average molecular weight is 360 g/mol. The SMILES string of the molecule is Cc1ccc2c(c1C)C(=O)OC21c2ccc(O)cc2Oc2cc(O)ccc21. The second kappa shape index (κ2) is 5.04. The third-order valence-corrected chi connectivity index (χ3v) is 5.47. The number of carbonyl (C=O) groups is 1. The van der Waals surface area contributed by atoms with Crippen molar-refractivity contribution in [3.8, 4) is 23.0 Å². The van der Waals surface area contributed by atoms with Crippen LogP contribution in [0.25, 0.3) is 0 Å². The zero-order valence-corrected chi connectivity index (χ0v) is 14.7. The Morgan fingerprint density at radius 2 is 1.37 bits per heavy atom. The van der Waals surface area contributed by atoms with E-state index in [1.165, 1.54) is 12.1 Å². The van der Waals surface area contributed by atoms with Crippen LogP contribution in [-0.4, -0.2) is 16.2 Å². The molecule has 0 radical (unpaired) electrons. The predicted octanol–water partition coefficient (Wildman–Crippen LogP) is 4.28. The van der Waals surface area contributed by atoms with Gasteiger partial charge in [-0.05, 0) is 49.2 Å². The molecule has 1 spiro atoms. The van der Waals surface area contributed by atoms with Gasteiger partial charge >= 0.3 is 5.97 Å². The lowest BCUT2D eigenvalue weighted by atomic mass is 9.76. The van der Waals surface area contributed by atoms with Gasteiger partial charge in [0.1, 0.15) is 23.0 Å². The van der Waals surface area contributed by atoms with Crippen LogP contribution < -0.4 is 4.74 Å².